The van der Waals surface area contributed by atoms with Crippen LogP contribution in [0.5, 0.6) is 0 Å². The predicted octanol–water partition coefficient (Wildman–Crippen LogP) is 1.26. The maximum absolute atomic E-state index is 4.08. The highest BCUT2D eigenvalue weighted by atomic mass is 32.1. The molecule has 14 heavy (non-hydrogen) atoms. The van der Waals surface area contributed by atoms with Gasteiger partial charge in [0.25, 0.3) is 0 Å². The number of rotatable bonds is 4. The number of anilines is 1. The highest BCUT2D eigenvalue weighted by Gasteiger charge is 2.13. The van der Waals surface area contributed by atoms with Crippen molar-refractivity contribution >= 4 is 16.5 Å². The smallest absolute Gasteiger partial charge is 0.205 e. The molecule has 1 aromatic rings. The first-order chi connectivity index (χ1) is 6.88. The van der Waals surface area contributed by atoms with E-state index in [9.17, 15) is 0 Å². The van der Waals surface area contributed by atoms with Crippen LogP contribution in [0.25, 0.3) is 0 Å². The Morgan fingerprint density at radius 3 is 3.14 bits per heavy atom. The van der Waals surface area contributed by atoms with Crippen LogP contribution in [0, 0.1) is 0 Å². The van der Waals surface area contributed by atoms with Gasteiger partial charge >= 0.3 is 0 Å². The molecular formula is C9H16N4S. The highest BCUT2D eigenvalue weighted by Crippen LogP contribution is 2.15. The second-order valence-electron chi connectivity index (χ2n) is 3.53. The Morgan fingerprint density at radius 1 is 1.57 bits per heavy atom. The van der Waals surface area contributed by atoms with Crippen molar-refractivity contribution in [2.24, 2.45) is 0 Å². The lowest BCUT2D eigenvalue weighted by Crippen LogP contribution is -2.29. The number of hydrogen-bond donors (Lipinski definition) is 2. The van der Waals surface area contributed by atoms with Crippen LogP contribution in [0.15, 0.2) is 0 Å². The van der Waals surface area contributed by atoms with Gasteiger partial charge < -0.3 is 10.6 Å². The Kier molecular flexibility index (Phi) is 3.31. The van der Waals surface area contributed by atoms with Crippen LogP contribution in [-0.2, 0) is 6.42 Å². The fourth-order valence-corrected chi connectivity index (χ4v) is 2.30. The van der Waals surface area contributed by atoms with Crippen molar-refractivity contribution in [2.75, 3.05) is 18.4 Å². The molecule has 0 bridgehead atoms. The summed E-state index contributed by atoms with van der Waals surface area (Å²) in [7, 11) is 0. The Balaban J connectivity index is 1.79. The van der Waals surface area contributed by atoms with Crippen molar-refractivity contribution in [1.82, 2.24) is 15.5 Å². The van der Waals surface area contributed by atoms with Crippen LogP contribution in [0.3, 0.4) is 0 Å². The fraction of sp³-hybridized carbons (Fsp3) is 0.778. The number of nitrogens with one attached hydrogen (secondary N) is 2. The zero-order chi connectivity index (χ0) is 9.80. The third kappa shape index (κ3) is 2.42. The third-order valence-electron chi connectivity index (χ3n) is 2.43. The lowest BCUT2D eigenvalue weighted by atomic mass is 10.2. The summed E-state index contributed by atoms with van der Waals surface area (Å²) < 4.78 is 0. The molecule has 0 aromatic carbocycles. The van der Waals surface area contributed by atoms with Gasteiger partial charge in [-0.3, -0.25) is 0 Å². The van der Waals surface area contributed by atoms with Crippen molar-refractivity contribution < 1.29 is 0 Å². The van der Waals surface area contributed by atoms with E-state index in [1.165, 1.54) is 12.8 Å². The van der Waals surface area contributed by atoms with Crippen LogP contribution < -0.4 is 10.6 Å². The van der Waals surface area contributed by atoms with E-state index in [1.807, 2.05) is 0 Å². The molecule has 4 nitrogen and oxygen atoms in total. The Hall–Kier alpha value is -0.680. The van der Waals surface area contributed by atoms with E-state index in [0.29, 0.717) is 6.04 Å². The summed E-state index contributed by atoms with van der Waals surface area (Å²) in [6.45, 7) is 4.23. The largest absolute Gasteiger partial charge is 0.359 e. The van der Waals surface area contributed by atoms with E-state index in [1.54, 1.807) is 11.3 Å². The fourth-order valence-electron chi connectivity index (χ4n) is 1.61. The van der Waals surface area contributed by atoms with E-state index in [4.69, 9.17) is 0 Å². The molecular weight excluding hydrogens is 196 g/mol. The van der Waals surface area contributed by atoms with Gasteiger partial charge in [0.05, 0.1) is 0 Å². The Morgan fingerprint density at radius 2 is 2.50 bits per heavy atom. The SMILES string of the molecule is CCc1nnc(NCC2CCCN2)s1. The summed E-state index contributed by atoms with van der Waals surface area (Å²) in [5, 5.41) is 17.0. The molecule has 5 heteroatoms. The summed E-state index contributed by atoms with van der Waals surface area (Å²) in [6.07, 6.45) is 3.54. The van der Waals surface area contributed by atoms with Crippen molar-refractivity contribution in [1.29, 1.82) is 0 Å². The minimum atomic E-state index is 0.615. The summed E-state index contributed by atoms with van der Waals surface area (Å²) in [5.74, 6) is 0. The topological polar surface area (TPSA) is 49.8 Å². The maximum Gasteiger partial charge on any atom is 0.205 e. The molecule has 0 amide bonds. The van der Waals surface area contributed by atoms with Crippen molar-refractivity contribution in [3.8, 4) is 0 Å². The second kappa shape index (κ2) is 4.70. The highest BCUT2D eigenvalue weighted by molar-refractivity contribution is 7.15. The van der Waals surface area contributed by atoms with E-state index in [0.717, 1.165) is 29.6 Å². The predicted molar refractivity (Wildman–Crippen MR) is 58.8 cm³/mol. The minimum absolute atomic E-state index is 0.615. The van der Waals surface area contributed by atoms with Crippen molar-refractivity contribution in [3.63, 3.8) is 0 Å². The molecule has 1 saturated heterocycles. The lowest BCUT2D eigenvalue weighted by molar-refractivity contribution is 0.633. The number of aryl methyl sites for hydroxylation is 1. The van der Waals surface area contributed by atoms with E-state index in [2.05, 4.69) is 27.8 Å². The molecule has 1 unspecified atom stereocenters. The molecule has 0 saturated carbocycles. The van der Waals surface area contributed by atoms with Crippen LogP contribution >= 0.6 is 11.3 Å². The third-order valence-corrected chi connectivity index (χ3v) is 3.46. The summed E-state index contributed by atoms with van der Waals surface area (Å²) in [5.41, 5.74) is 0. The van der Waals surface area contributed by atoms with Gasteiger partial charge in [0.2, 0.25) is 5.13 Å². The molecule has 2 rings (SSSR count). The monoisotopic (exact) mass is 212 g/mol. The normalized spacial score (nSPS) is 21.4. The maximum atomic E-state index is 4.08. The molecule has 78 valence electrons. The number of nitrogens with zero attached hydrogens (tertiary/aromatic N) is 2. The van der Waals surface area contributed by atoms with E-state index in [-0.39, 0.29) is 0 Å². The van der Waals surface area contributed by atoms with Crippen molar-refractivity contribution in [3.05, 3.63) is 5.01 Å². The average molecular weight is 212 g/mol. The van der Waals surface area contributed by atoms with Crippen LogP contribution in [0.1, 0.15) is 24.8 Å². The standard InChI is InChI=1S/C9H16N4S/c1-2-8-12-13-9(14-8)11-6-7-4-3-5-10-7/h7,10H,2-6H2,1H3,(H,11,13). The summed E-state index contributed by atoms with van der Waals surface area (Å²) >= 11 is 1.66. The van der Waals surface area contributed by atoms with Gasteiger partial charge in [-0.1, -0.05) is 18.3 Å². The van der Waals surface area contributed by atoms with Gasteiger partial charge in [0.15, 0.2) is 0 Å². The zero-order valence-electron chi connectivity index (χ0n) is 8.42. The quantitative estimate of drug-likeness (QED) is 0.789. The minimum Gasteiger partial charge on any atom is -0.359 e. The Bertz CT molecular complexity index is 280. The molecule has 0 aliphatic carbocycles. The van der Waals surface area contributed by atoms with E-state index < -0.39 is 0 Å². The molecule has 1 aromatic heterocycles. The van der Waals surface area contributed by atoms with Gasteiger partial charge in [0.1, 0.15) is 5.01 Å². The van der Waals surface area contributed by atoms with Gasteiger partial charge in [-0.25, -0.2) is 0 Å². The molecule has 2 N–H and O–H groups in total. The first-order valence-corrected chi connectivity index (χ1v) is 5.99. The van der Waals surface area contributed by atoms with E-state index >= 15 is 0 Å². The number of aromatic nitrogens is 2. The first-order valence-electron chi connectivity index (χ1n) is 5.18. The average Bonchev–Trinajstić information content (AvgIpc) is 2.86. The summed E-state index contributed by atoms with van der Waals surface area (Å²) in [4.78, 5) is 0. The molecule has 1 atom stereocenters. The summed E-state index contributed by atoms with van der Waals surface area (Å²) in [6, 6.07) is 0.615. The lowest BCUT2D eigenvalue weighted by Gasteiger charge is -2.09. The molecule has 1 fully saturated rings. The first kappa shape index (κ1) is 9.86. The Labute approximate surface area is 88.1 Å². The van der Waals surface area contributed by atoms with Crippen LogP contribution in [-0.4, -0.2) is 29.3 Å². The van der Waals surface area contributed by atoms with Crippen LogP contribution in [0.2, 0.25) is 0 Å². The van der Waals surface area contributed by atoms with Gasteiger partial charge in [-0.15, -0.1) is 10.2 Å². The van der Waals surface area contributed by atoms with Gasteiger partial charge in [-0.05, 0) is 25.8 Å². The zero-order valence-corrected chi connectivity index (χ0v) is 9.23. The van der Waals surface area contributed by atoms with Gasteiger partial charge in [-0.2, -0.15) is 0 Å². The second-order valence-corrected chi connectivity index (χ2v) is 4.59. The molecule has 1 aliphatic heterocycles. The number of hydrogen-bond acceptors (Lipinski definition) is 5. The van der Waals surface area contributed by atoms with Crippen LogP contribution in [0.4, 0.5) is 5.13 Å². The van der Waals surface area contributed by atoms with Crippen molar-refractivity contribution in [2.45, 2.75) is 32.2 Å². The molecule has 0 spiro atoms. The molecule has 2 heterocycles. The molecule has 0 radical (unpaired) electrons. The molecule has 1 aliphatic rings. The van der Waals surface area contributed by atoms with Gasteiger partial charge in [0, 0.05) is 12.6 Å².